The van der Waals surface area contributed by atoms with Crippen LogP contribution in [-0.2, 0) is 10.0 Å². The molecule has 9 heteroatoms. The van der Waals surface area contributed by atoms with E-state index in [9.17, 15) is 18.0 Å². The van der Waals surface area contributed by atoms with Gasteiger partial charge in [-0.25, -0.2) is 22.7 Å². The number of nitrogens with zero attached hydrogens (tertiary/aromatic N) is 1. The van der Waals surface area contributed by atoms with E-state index in [-0.39, 0.29) is 12.1 Å². The highest BCUT2D eigenvalue weighted by Crippen LogP contribution is 2.25. The first-order valence-corrected chi connectivity index (χ1v) is 10.8. The predicted octanol–water partition coefficient (Wildman–Crippen LogP) is 2.43. The molecule has 1 aliphatic heterocycles. The molecule has 1 aromatic heterocycles. The highest BCUT2D eigenvalue weighted by atomic mass is 32.2. The molecule has 2 N–H and O–H groups in total. The molecule has 0 saturated carbocycles. The maximum Gasteiger partial charge on any atom is 0.336 e. The highest BCUT2D eigenvalue weighted by Gasteiger charge is 2.27. The summed E-state index contributed by atoms with van der Waals surface area (Å²) in [7, 11) is -3.31. The number of likely N-dealkylation sites (tertiary alicyclic amines) is 1. The van der Waals surface area contributed by atoms with Gasteiger partial charge in [0.15, 0.2) is 0 Å². The number of sulfonamides is 1. The van der Waals surface area contributed by atoms with Crippen molar-refractivity contribution in [3.63, 3.8) is 0 Å². The van der Waals surface area contributed by atoms with E-state index in [2.05, 4.69) is 10.0 Å². The van der Waals surface area contributed by atoms with Gasteiger partial charge >= 0.3 is 11.7 Å². The number of nitrogens with one attached hydrogen (secondary N) is 2. The summed E-state index contributed by atoms with van der Waals surface area (Å²) in [6.45, 7) is 6.08. The van der Waals surface area contributed by atoms with Crippen molar-refractivity contribution in [3.8, 4) is 0 Å². The van der Waals surface area contributed by atoms with Crippen LogP contribution in [0.1, 0.15) is 32.3 Å². The number of piperidine rings is 1. The summed E-state index contributed by atoms with van der Waals surface area (Å²) in [5.74, 6) is 0. The standard InChI is InChI=1S/C19H25N3O5S/c1-12(2)28(25,26)21-14-8-10-22(11-9-14)19(24)20-16-5-6-17-15(13(16)3)4-7-18(23)27-17/h4-7,12,14,21H,8-11H2,1-3H3,(H,20,24). The van der Waals surface area contributed by atoms with E-state index in [0.717, 1.165) is 10.9 Å². The fourth-order valence-electron chi connectivity index (χ4n) is 3.19. The van der Waals surface area contributed by atoms with Crippen LogP contribution in [0.5, 0.6) is 0 Å². The number of hydrogen-bond acceptors (Lipinski definition) is 5. The van der Waals surface area contributed by atoms with Crippen molar-refractivity contribution in [2.75, 3.05) is 18.4 Å². The number of aryl methyl sites for hydroxylation is 1. The largest absolute Gasteiger partial charge is 0.423 e. The summed E-state index contributed by atoms with van der Waals surface area (Å²) in [5, 5.41) is 3.18. The van der Waals surface area contributed by atoms with Crippen molar-refractivity contribution < 1.29 is 17.6 Å². The summed E-state index contributed by atoms with van der Waals surface area (Å²) < 4.78 is 31.8. The number of carbonyl (C=O) groups excluding carboxylic acids is 1. The average Bonchev–Trinajstić information content (AvgIpc) is 2.64. The van der Waals surface area contributed by atoms with E-state index >= 15 is 0 Å². The van der Waals surface area contributed by atoms with Crippen molar-refractivity contribution in [2.24, 2.45) is 0 Å². The lowest BCUT2D eigenvalue weighted by Gasteiger charge is -2.32. The van der Waals surface area contributed by atoms with E-state index in [1.807, 2.05) is 6.92 Å². The SMILES string of the molecule is Cc1c(NC(=O)N2CCC(NS(=O)(=O)C(C)C)CC2)ccc2oc(=O)ccc12. The smallest absolute Gasteiger partial charge is 0.336 e. The molecule has 0 radical (unpaired) electrons. The first-order chi connectivity index (χ1) is 13.2. The van der Waals surface area contributed by atoms with Crippen LogP contribution in [-0.4, -0.2) is 43.7 Å². The van der Waals surface area contributed by atoms with Crippen molar-refractivity contribution >= 4 is 32.7 Å². The number of fused-ring (bicyclic) bond motifs is 1. The van der Waals surface area contributed by atoms with Crippen LogP contribution in [0.3, 0.4) is 0 Å². The molecule has 1 aromatic carbocycles. The van der Waals surface area contributed by atoms with Gasteiger partial charge in [-0.3, -0.25) is 0 Å². The lowest BCUT2D eigenvalue weighted by atomic mass is 10.1. The minimum absolute atomic E-state index is 0.151. The Morgan fingerprint density at radius 3 is 2.50 bits per heavy atom. The number of benzene rings is 1. The van der Waals surface area contributed by atoms with E-state index in [4.69, 9.17) is 4.42 Å². The Labute approximate surface area is 164 Å². The fourth-order valence-corrected chi connectivity index (χ4v) is 4.16. The number of carbonyl (C=O) groups is 1. The van der Waals surface area contributed by atoms with E-state index in [1.54, 1.807) is 36.9 Å². The van der Waals surface area contributed by atoms with Gasteiger partial charge < -0.3 is 14.6 Å². The van der Waals surface area contributed by atoms with E-state index in [0.29, 0.717) is 37.2 Å². The molecule has 28 heavy (non-hydrogen) atoms. The molecule has 2 amide bonds. The molecule has 0 spiro atoms. The molecule has 152 valence electrons. The minimum atomic E-state index is -3.31. The zero-order valence-corrected chi connectivity index (χ0v) is 17.0. The van der Waals surface area contributed by atoms with Crippen molar-refractivity contribution in [1.82, 2.24) is 9.62 Å². The second-order valence-corrected chi connectivity index (χ2v) is 9.58. The maximum atomic E-state index is 12.6. The molecule has 1 aliphatic rings. The van der Waals surface area contributed by atoms with Gasteiger partial charge in [-0.15, -0.1) is 0 Å². The third-order valence-corrected chi connectivity index (χ3v) is 6.95. The highest BCUT2D eigenvalue weighted by molar-refractivity contribution is 7.90. The Morgan fingerprint density at radius 2 is 1.86 bits per heavy atom. The summed E-state index contributed by atoms with van der Waals surface area (Å²) in [6.07, 6.45) is 1.14. The summed E-state index contributed by atoms with van der Waals surface area (Å²) in [5.41, 5.74) is 1.52. The molecule has 2 aromatic rings. The normalized spacial score (nSPS) is 15.9. The monoisotopic (exact) mass is 407 g/mol. The number of amides is 2. The minimum Gasteiger partial charge on any atom is -0.423 e. The summed E-state index contributed by atoms with van der Waals surface area (Å²) in [4.78, 5) is 25.6. The van der Waals surface area contributed by atoms with Gasteiger partial charge in [-0.05, 0) is 57.4 Å². The molecule has 0 bridgehead atoms. The second-order valence-electron chi connectivity index (χ2n) is 7.31. The topological polar surface area (TPSA) is 109 Å². The van der Waals surface area contributed by atoms with Crippen molar-refractivity contribution in [2.45, 2.75) is 44.9 Å². The Bertz CT molecular complexity index is 1040. The zero-order chi connectivity index (χ0) is 20.5. The molecule has 0 aliphatic carbocycles. The molecule has 1 saturated heterocycles. The predicted molar refractivity (Wildman–Crippen MR) is 108 cm³/mol. The van der Waals surface area contributed by atoms with Gasteiger partial charge in [0.25, 0.3) is 0 Å². The van der Waals surface area contributed by atoms with Crippen LogP contribution < -0.4 is 15.7 Å². The second kappa shape index (κ2) is 7.92. The van der Waals surface area contributed by atoms with Crippen molar-refractivity contribution in [3.05, 3.63) is 40.2 Å². The van der Waals surface area contributed by atoms with Crippen LogP contribution in [0, 0.1) is 6.92 Å². The van der Waals surface area contributed by atoms with Gasteiger partial charge in [-0.2, -0.15) is 0 Å². The number of urea groups is 1. The molecule has 0 atom stereocenters. The molecule has 2 heterocycles. The van der Waals surface area contributed by atoms with Gasteiger partial charge in [0, 0.05) is 36.3 Å². The Hall–Kier alpha value is -2.39. The van der Waals surface area contributed by atoms with Gasteiger partial charge in [0.1, 0.15) is 5.58 Å². The van der Waals surface area contributed by atoms with E-state index < -0.39 is 20.9 Å². The molecule has 8 nitrogen and oxygen atoms in total. The van der Waals surface area contributed by atoms with Crippen molar-refractivity contribution in [1.29, 1.82) is 0 Å². The Morgan fingerprint density at radius 1 is 1.18 bits per heavy atom. The first kappa shape index (κ1) is 20.3. The van der Waals surface area contributed by atoms with Crippen LogP contribution >= 0.6 is 0 Å². The van der Waals surface area contributed by atoms with E-state index in [1.165, 1.54) is 6.07 Å². The first-order valence-electron chi connectivity index (χ1n) is 9.28. The molecule has 0 unspecified atom stereocenters. The zero-order valence-electron chi connectivity index (χ0n) is 16.2. The molecule has 3 rings (SSSR count). The third kappa shape index (κ3) is 4.36. The molecular formula is C19H25N3O5S. The molecule has 1 fully saturated rings. The lowest BCUT2D eigenvalue weighted by Crippen LogP contribution is -2.48. The maximum absolute atomic E-state index is 12.6. The third-order valence-electron chi connectivity index (χ3n) is 5.05. The summed E-state index contributed by atoms with van der Waals surface area (Å²) >= 11 is 0. The number of hydrogen-bond donors (Lipinski definition) is 2. The number of rotatable bonds is 4. The average molecular weight is 407 g/mol. The Balaban J connectivity index is 1.64. The van der Waals surface area contributed by atoms with Gasteiger partial charge in [-0.1, -0.05) is 0 Å². The number of anilines is 1. The fraction of sp³-hybridized carbons (Fsp3) is 0.474. The quantitative estimate of drug-likeness (QED) is 0.757. The van der Waals surface area contributed by atoms with Crippen LogP contribution in [0.2, 0.25) is 0 Å². The summed E-state index contributed by atoms with van der Waals surface area (Å²) in [6, 6.07) is 6.02. The lowest BCUT2D eigenvalue weighted by molar-refractivity contribution is 0.193. The van der Waals surface area contributed by atoms with Gasteiger partial charge in [0.05, 0.1) is 5.25 Å². The van der Waals surface area contributed by atoms with Crippen LogP contribution in [0.15, 0.2) is 33.5 Å². The van der Waals surface area contributed by atoms with Gasteiger partial charge in [0.2, 0.25) is 10.0 Å². The molecular weight excluding hydrogens is 382 g/mol. The van der Waals surface area contributed by atoms with Crippen LogP contribution in [0.25, 0.3) is 11.0 Å². The van der Waals surface area contributed by atoms with Crippen LogP contribution in [0.4, 0.5) is 10.5 Å². The Kier molecular flexibility index (Phi) is 5.76.